The van der Waals surface area contributed by atoms with Crippen molar-refractivity contribution in [2.75, 3.05) is 17.8 Å². The second-order valence-electron chi connectivity index (χ2n) is 3.25. The van der Waals surface area contributed by atoms with Gasteiger partial charge in [-0.15, -0.1) is 0 Å². The summed E-state index contributed by atoms with van der Waals surface area (Å²) in [5.74, 6) is 0.192. The molecule has 0 atom stereocenters. The average molecular weight is 482 g/mol. The lowest BCUT2D eigenvalue weighted by Gasteiger charge is -2.29. The van der Waals surface area contributed by atoms with Crippen LogP contribution in [-0.2, 0) is 10.3 Å². The molecule has 0 fully saturated rings. The summed E-state index contributed by atoms with van der Waals surface area (Å²) < 4.78 is 6.83. The number of phenolic OH excluding ortho intramolecular Hbond substituents is 1. The van der Waals surface area contributed by atoms with Gasteiger partial charge in [0.2, 0.25) is 0 Å². The highest BCUT2D eigenvalue weighted by atomic mass is 79.9. The van der Waals surface area contributed by atoms with Crippen LogP contribution in [0.25, 0.3) is 0 Å². The van der Waals surface area contributed by atoms with E-state index in [1.54, 1.807) is 7.11 Å². The van der Waals surface area contributed by atoms with E-state index in [0.29, 0.717) is 19.6 Å². The van der Waals surface area contributed by atoms with Gasteiger partial charge in [0.1, 0.15) is 11.4 Å². The van der Waals surface area contributed by atoms with Crippen LogP contribution in [-0.4, -0.2) is 22.9 Å². The number of halogens is 4. The van der Waals surface area contributed by atoms with Crippen molar-refractivity contribution >= 4 is 63.7 Å². The molecule has 0 aromatic heterocycles. The van der Waals surface area contributed by atoms with Gasteiger partial charge in [0, 0.05) is 17.8 Å². The molecule has 0 unspecified atom stereocenters. The summed E-state index contributed by atoms with van der Waals surface area (Å²) in [4.78, 5) is 0. The molecule has 1 aromatic carbocycles. The smallest absolute Gasteiger partial charge is 0.143 e. The first-order chi connectivity index (χ1) is 7.50. The minimum atomic E-state index is -0.446. The Hall–Kier alpha value is 0.900. The third kappa shape index (κ3) is 2.83. The van der Waals surface area contributed by atoms with Gasteiger partial charge < -0.3 is 9.84 Å². The van der Waals surface area contributed by atoms with E-state index in [0.717, 1.165) is 5.56 Å². The largest absolute Gasteiger partial charge is 0.506 e. The number of ether oxygens (including phenoxy) is 1. The van der Waals surface area contributed by atoms with Crippen LogP contribution in [0.4, 0.5) is 0 Å². The molecule has 1 rings (SSSR count). The van der Waals surface area contributed by atoms with Gasteiger partial charge >= 0.3 is 0 Å². The molecule has 1 N–H and O–H groups in total. The van der Waals surface area contributed by atoms with E-state index in [1.807, 2.05) is 12.1 Å². The molecule has 0 aliphatic rings. The molecule has 0 radical (unpaired) electrons. The molecule has 2 nitrogen and oxygen atoms in total. The predicted molar refractivity (Wildman–Crippen MR) is 79.8 cm³/mol. The Labute approximate surface area is 128 Å². The van der Waals surface area contributed by atoms with Crippen molar-refractivity contribution in [3.63, 3.8) is 0 Å². The number of phenols is 1. The quantitative estimate of drug-likeness (QED) is 0.640. The van der Waals surface area contributed by atoms with E-state index in [1.165, 1.54) is 0 Å². The number of hydrogen-bond acceptors (Lipinski definition) is 2. The first-order valence-corrected chi connectivity index (χ1v) is 8.19. The molecule has 0 aliphatic carbocycles. The summed E-state index contributed by atoms with van der Waals surface area (Å²) in [5.41, 5.74) is 0.527. The molecule has 90 valence electrons. The van der Waals surface area contributed by atoms with Crippen LogP contribution < -0.4 is 0 Å². The lowest BCUT2D eigenvalue weighted by atomic mass is 9.98. The summed E-state index contributed by atoms with van der Waals surface area (Å²) in [7, 11) is 1.66. The number of methoxy groups -OCH3 is 1. The van der Waals surface area contributed by atoms with Crippen LogP contribution in [0.1, 0.15) is 5.56 Å². The van der Waals surface area contributed by atoms with Gasteiger partial charge in [-0.2, -0.15) is 0 Å². The summed E-state index contributed by atoms with van der Waals surface area (Å²) in [6.45, 7) is 0. The van der Waals surface area contributed by atoms with E-state index in [2.05, 4.69) is 63.7 Å². The molecule has 0 heterocycles. The van der Waals surface area contributed by atoms with E-state index in [-0.39, 0.29) is 5.75 Å². The number of hydrogen-bond donors (Lipinski definition) is 1. The number of benzene rings is 1. The third-order valence-corrected chi connectivity index (χ3v) is 5.39. The average Bonchev–Trinajstić information content (AvgIpc) is 2.29. The molecule has 0 amide bonds. The summed E-state index contributed by atoms with van der Waals surface area (Å²) >= 11 is 13.5. The highest BCUT2D eigenvalue weighted by Gasteiger charge is 2.31. The second-order valence-corrected chi connectivity index (χ2v) is 6.08. The van der Waals surface area contributed by atoms with Crippen LogP contribution in [0.2, 0.25) is 0 Å². The Morgan fingerprint density at radius 1 is 1.19 bits per heavy atom. The zero-order valence-electron chi connectivity index (χ0n) is 8.44. The van der Waals surface area contributed by atoms with Crippen molar-refractivity contribution in [3.8, 4) is 5.75 Å². The zero-order valence-corrected chi connectivity index (χ0v) is 14.8. The molecule has 0 aliphatic heterocycles. The molecule has 0 saturated carbocycles. The lowest BCUT2D eigenvalue weighted by Crippen LogP contribution is -2.32. The SMILES string of the molecule is COC(CBr)(CBr)c1cc(Br)c(O)c(Br)c1. The van der Waals surface area contributed by atoms with Crippen LogP contribution in [0.15, 0.2) is 21.1 Å². The Morgan fingerprint density at radius 2 is 1.62 bits per heavy atom. The van der Waals surface area contributed by atoms with E-state index >= 15 is 0 Å². The Morgan fingerprint density at radius 3 is 1.94 bits per heavy atom. The first-order valence-electron chi connectivity index (χ1n) is 4.36. The van der Waals surface area contributed by atoms with Gasteiger partial charge in [-0.05, 0) is 49.6 Å². The minimum absolute atomic E-state index is 0.192. The maximum absolute atomic E-state index is 9.66. The summed E-state index contributed by atoms with van der Waals surface area (Å²) in [6.07, 6.45) is 0. The van der Waals surface area contributed by atoms with Crippen LogP contribution in [0.3, 0.4) is 0 Å². The first kappa shape index (κ1) is 15.0. The fourth-order valence-electron chi connectivity index (χ4n) is 1.25. The standard InChI is InChI=1S/C10H10Br4O2/c1-16-10(4-11,5-12)6-2-7(13)9(15)8(14)3-6/h2-3,15H,4-5H2,1H3. The molecule has 16 heavy (non-hydrogen) atoms. The highest BCUT2D eigenvalue weighted by Crippen LogP contribution is 2.39. The molecule has 0 spiro atoms. The Bertz CT molecular complexity index is 346. The normalized spacial score (nSPS) is 11.8. The topological polar surface area (TPSA) is 29.5 Å². The molecule has 0 bridgehead atoms. The van der Waals surface area contributed by atoms with Gasteiger partial charge in [-0.1, -0.05) is 31.9 Å². The van der Waals surface area contributed by atoms with Crippen molar-refractivity contribution in [2.24, 2.45) is 0 Å². The van der Waals surface area contributed by atoms with Crippen molar-refractivity contribution in [2.45, 2.75) is 5.60 Å². The summed E-state index contributed by atoms with van der Waals surface area (Å²) in [6, 6.07) is 3.71. The van der Waals surface area contributed by atoms with Crippen LogP contribution >= 0.6 is 63.7 Å². The molecular formula is C10H10Br4O2. The van der Waals surface area contributed by atoms with Crippen LogP contribution in [0.5, 0.6) is 5.75 Å². The van der Waals surface area contributed by atoms with Gasteiger partial charge in [0.05, 0.1) is 8.95 Å². The van der Waals surface area contributed by atoms with Gasteiger partial charge in [0.15, 0.2) is 0 Å². The van der Waals surface area contributed by atoms with Gasteiger partial charge in [-0.25, -0.2) is 0 Å². The number of aromatic hydroxyl groups is 1. The van der Waals surface area contributed by atoms with E-state index in [9.17, 15) is 5.11 Å². The fourth-order valence-corrected chi connectivity index (χ4v) is 4.47. The Kier molecular flexibility index (Phi) is 5.78. The highest BCUT2D eigenvalue weighted by molar-refractivity contribution is 9.11. The van der Waals surface area contributed by atoms with E-state index < -0.39 is 5.60 Å². The van der Waals surface area contributed by atoms with Crippen molar-refractivity contribution in [3.05, 3.63) is 26.6 Å². The van der Waals surface area contributed by atoms with E-state index in [4.69, 9.17) is 4.74 Å². The molecule has 6 heteroatoms. The number of rotatable bonds is 4. The van der Waals surface area contributed by atoms with Crippen molar-refractivity contribution in [1.29, 1.82) is 0 Å². The third-order valence-electron chi connectivity index (χ3n) is 2.37. The lowest BCUT2D eigenvalue weighted by molar-refractivity contribution is 0.0302. The fraction of sp³-hybridized carbons (Fsp3) is 0.400. The monoisotopic (exact) mass is 478 g/mol. The maximum atomic E-state index is 9.66. The van der Waals surface area contributed by atoms with Crippen molar-refractivity contribution in [1.82, 2.24) is 0 Å². The van der Waals surface area contributed by atoms with Gasteiger partial charge in [0.25, 0.3) is 0 Å². The second kappa shape index (κ2) is 6.18. The number of alkyl halides is 2. The Balaban J connectivity index is 3.31. The minimum Gasteiger partial charge on any atom is -0.506 e. The zero-order chi connectivity index (χ0) is 12.3. The van der Waals surface area contributed by atoms with Crippen molar-refractivity contribution < 1.29 is 9.84 Å². The molecule has 1 aromatic rings. The summed E-state index contributed by atoms with van der Waals surface area (Å²) in [5, 5.41) is 11.0. The maximum Gasteiger partial charge on any atom is 0.143 e. The van der Waals surface area contributed by atoms with Gasteiger partial charge in [-0.3, -0.25) is 0 Å². The predicted octanol–water partition coefficient (Wildman–Crippen LogP) is 4.55. The molecule has 0 saturated heterocycles. The molecular weight excluding hydrogens is 472 g/mol. The van der Waals surface area contributed by atoms with Crippen LogP contribution in [0, 0.1) is 0 Å².